The van der Waals surface area contributed by atoms with Crippen molar-refractivity contribution in [1.82, 2.24) is 0 Å². The van der Waals surface area contributed by atoms with E-state index >= 15 is 0 Å². The molecule has 1 aromatic rings. The second kappa shape index (κ2) is 4.68. The average molecular weight is 222 g/mol. The van der Waals surface area contributed by atoms with E-state index in [-0.39, 0.29) is 23.6 Å². The summed E-state index contributed by atoms with van der Waals surface area (Å²) in [6, 6.07) is 1.73. The minimum Gasteiger partial charge on any atom is -0.388 e. The average Bonchev–Trinajstić information content (AvgIpc) is 2.11. The molecular formula is C9H10ClF2NO. The molecule has 0 heterocycles. The monoisotopic (exact) mass is 221 g/mol. The van der Waals surface area contributed by atoms with Crippen molar-refractivity contribution >= 4 is 11.6 Å². The van der Waals surface area contributed by atoms with Crippen molar-refractivity contribution in [1.29, 1.82) is 0 Å². The number of rotatable bonds is 3. The molecule has 0 amide bonds. The van der Waals surface area contributed by atoms with E-state index in [0.717, 1.165) is 6.07 Å². The molecule has 0 fully saturated rings. The minimum atomic E-state index is -1.04. The van der Waals surface area contributed by atoms with E-state index < -0.39 is 17.7 Å². The molecule has 1 unspecified atom stereocenters. The molecule has 0 aliphatic heterocycles. The van der Waals surface area contributed by atoms with Crippen molar-refractivity contribution in [3.8, 4) is 0 Å². The second-order valence-corrected chi connectivity index (χ2v) is 3.29. The molecule has 14 heavy (non-hydrogen) atoms. The Balaban J connectivity index is 3.02. The zero-order valence-electron chi connectivity index (χ0n) is 7.30. The van der Waals surface area contributed by atoms with E-state index in [2.05, 4.69) is 0 Å². The number of aliphatic hydroxyl groups excluding tert-OH is 1. The van der Waals surface area contributed by atoms with Crippen LogP contribution in [0.15, 0.2) is 12.1 Å². The van der Waals surface area contributed by atoms with Gasteiger partial charge in [0.2, 0.25) is 0 Å². The van der Waals surface area contributed by atoms with Crippen LogP contribution in [-0.4, -0.2) is 11.7 Å². The molecule has 0 bridgehead atoms. The lowest BCUT2D eigenvalue weighted by Crippen LogP contribution is -2.08. The predicted octanol–water partition coefficient (Wildman–Crippen LogP) is 2.00. The van der Waals surface area contributed by atoms with Gasteiger partial charge in [0.05, 0.1) is 11.1 Å². The summed E-state index contributed by atoms with van der Waals surface area (Å²) in [4.78, 5) is 0. The van der Waals surface area contributed by atoms with E-state index in [1.807, 2.05) is 0 Å². The summed E-state index contributed by atoms with van der Waals surface area (Å²) < 4.78 is 25.8. The second-order valence-electron chi connectivity index (χ2n) is 2.88. The Morgan fingerprint density at radius 2 is 2.00 bits per heavy atom. The highest BCUT2D eigenvalue weighted by Gasteiger charge is 2.15. The molecule has 1 rings (SSSR count). The van der Waals surface area contributed by atoms with Crippen LogP contribution in [0.3, 0.4) is 0 Å². The summed E-state index contributed by atoms with van der Waals surface area (Å²) in [5, 5.41) is 9.20. The van der Waals surface area contributed by atoms with E-state index in [9.17, 15) is 13.9 Å². The van der Waals surface area contributed by atoms with Gasteiger partial charge in [-0.15, -0.1) is 0 Å². The Morgan fingerprint density at radius 3 is 2.57 bits per heavy atom. The lowest BCUT2D eigenvalue weighted by atomic mass is 10.1. The van der Waals surface area contributed by atoms with Crippen molar-refractivity contribution in [2.75, 3.05) is 6.54 Å². The van der Waals surface area contributed by atoms with Crippen LogP contribution in [0.5, 0.6) is 0 Å². The quantitative estimate of drug-likeness (QED) is 0.767. The Kier molecular flexibility index (Phi) is 3.80. The molecule has 1 aromatic carbocycles. The molecule has 0 aromatic heterocycles. The zero-order valence-corrected chi connectivity index (χ0v) is 8.06. The number of aliphatic hydroxyl groups is 1. The van der Waals surface area contributed by atoms with Crippen LogP contribution in [0, 0.1) is 11.6 Å². The first-order valence-electron chi connectivity index (χ1n) is 4.09. The van der Waals surface area contributed by atoms with Gasteiger partial charge in [-0.2, -0.15) is 0 Å². The van der Waals surface area contributed by atoms with Crippen molar-refractivity contribution in [3.63, 3.8) is 0 Å². The Labute approximate surface area is 85.3 Å². The number of nitrogens with two attached hydrogens (primary N) is 1. The Hall–Kier alpha value is -0.710. The number of halogens is 3. The first-order chi connectivity index (χ1) is 6.56. The summed E-state index contributed by atoms with van der Waals surface area (Å²) in [7, 11) is 0. The standard InChI is InChI=1S/C9H10ClF2NO/c10-6-3-5(9(14)1-2-13)7(11)4-8(6)12/h3-4,9,14H,1-2,13H2. The van der Waals surface area contributed by atoms with Crippen molar-refractivity contribution in [3.05, 3.63) is 34.4 Å². The van der Waals surface area contributed by atoms with Crippen LogP contribution >= 0.6 is 11.6 Å². The molecule has 0 saturated carbocycles. The summed E-state index contributed by atoms with van der Waals surface area (Å²) >= 11 is 5.45. The van der Waals surface area contributed by atoms with E-state index in [1.165, 1.54) is 0 Å². The highest BCUT2D eigenvalue weighted by Crippen LogP contribution is 2.25. The van der Waals surface area contributed by atoms with Crippen molar-refractivity contribution in [2.45, 2.75) is 12.5 Å². The molecule has 0 aliphatic carbocycles. The lowest BCUT2D eigenvalue weighted by molar-refractivity contribution is 0.165. The normalized spacial score (nSPS) is 12.9. The zero-order chi connectivity index (χ0) is 10.7. The van der Waals surface area contributed by atoms with Crippen LogP contribution < -0.4 is 5.73 Å². The summed E-state index contributed by atoms with van der Waals surface area (Å²) in [5.41, 5.74) is 5.17. The van der Waals surface area contributed by atoms with Crippen LogP contribution in [0.25, 0.3) is 0 Å². The van der Waals surface area contributed by atoms with Gasteiger partial charge in [-0.05, 0) is 19.0 Å². The lowest BCUT2D eigenvalue weighted by Gasteiger charge is -2.11. The van der Waals surface area contributed by atoms with Crippen molar-refractivity contribution < 1.29 is 13.9 Å². The fourth-order valence-electron chi connectivity index (χ4n) is 1.11. The van der Waals surface area contributed by atoms with Gasteiger partial charge in [0.15, 0.2) is 0 Å². The summed E-state index contributed by atoms with van der Waals surface area (Å²) in [6.07, 6.45) is -0.836. The van der Waals surface area contributed by atoms with Gasteiger partial charge >= 0.3 is 0 Å². The third kappa shape index (κ3) is 2.41. The molecule has 0 radical (unpaired) electrons. The molecular weight excluding hydrogens is 212 g/mol. The van der Waals surface area contributed by atoms with Gasteiger partial charge in [-0.3, -0.25) is 0 Å². The van der Waals surface area contributed by atoms with Crippen LogP contribution in [0.2, 0.25) is 5.02 Å². The van der Waals surface area contributed by atoms with Gasteiger partial charge in [-0.25, -0.2) is 8.78 Å². The maximum atomic E-state index is 13.1. The third-order valence-corrected chi connectivity index (χ3v) is 2.13. The maximum Gasteiger partial charge on any atom is 0.144 e. The van der Waals surface area contributed by atoms with E-state index in [1.54, 1.807) is 0 Å². The molecule has 3 N–H and O–H groups in total. The molecule has 0 saturated heterocycles. The van der Waals surface area contributed by atoms with Gasteiger partial charge in [0.25, 0.3) is 0 Å². The molecule has 0 aliphatic rings. The molecule has 1 atom stereocenters. The number of hydrogen-bond acceptors (Lipinski definition) is 2. The van der Waals surface area contributed by atoms with Gasteiger partial charge in [-0.1, -0.05) is 11.6 Å². The van der Waals surface area contributed by atoms with Crippen LogP contribution in [0.4, 0.5) is 8.78 Å². The highest BCUT2D eigenvalue weighted by atomic mass is 35.5. The Bertz CT molecular complexity index is 333. The van der Waals surface area contributed by atoms with Crippen molar-refractivity contribution in [2.24, 2.45) is 5.73 Å². The summed E-state index contributed by atoms with van der Waals surface area (Å²) in [5.74, 6) is -1.65. The molecule has 2 nitrogen and oxygen atoms in total. The fraction of sp³-hybridized carbons (Fsp3) is 0.333. The largest absolute Gasteiger partial charge is 0.388 e. The van der Waals surface area contributed by atoms with Gasteiger partial charge < -0.3 is 10.8 Å². The highest BCUT2D eigenvalue weighted by molar-refractivity contribution is 6.30. The fourth-order valence-corrected chi connectivity index (χ4v) is 1.28. The minimum absolute atomic E-state index is 0.0261. The first-order valence-corrected chi connectivity index (χ1v) is 4.46. The Morgan fingerprint density at radius 1 is 1.36 bits per heavy atom. The molecule has 0 spiro atoms. The van der Waals surface area contributed by atoms with Gasteiger partial charge in [0.1, 0.15) is 11.6 Å². The summed E-state index contributed by atoms with van der Waals surface area (Å²) in [6.45, 7) is 0.218. The van der Waals surface area contributed by atoms with Crippen LogP contribution in [-0.2, 0) is 0 Å². The predicted molar refractivity (Wildman–Crippen MR) is 50.0 cm³/mol. The third-order valence-electron chi connectivity index (χ3n) is 1.84. The maximum absolute atomic E-state index is 13.1. The van der Waals surface area contributed by atoms with E-state index in [4.69, 9.17) is 17.3 Å². The smallest absolute Gasteiger partial charge is 0.144 e. The number of benzene rings is 1. The first kappa shape index (κ1) is 11.4. The van der Waals surface area contributed by atoms with Crippen LogP contribution in [0.1, 0.15) is 18.1 Å². The van der Waals surface area contributed by atoms with Gasteiger partial charge in [0, 0.05) is 11.6 Å². The molecule has 78 valence electrons. The van der Waals surface area contributed by atoms with E-state index in [0.29, 0.717) is 6.07 Å². The molecule has 5 heteroatoms. The topological polar surface area (TPSA) is 46.2 Å². The SMILES string of the molecule is NCCC(O)c1cc(Cl)c(F)cc1F. The number of hydrogen-bond donors (Lipinski definition) is 2.